The normalized spacial score (nSPS) is 11.8. The summed E-state index contributed by atoms with van der Waals surface area (Å²) in [5.41, 5.74) is -0.209. The first-order valence-electron chi connectivity index (χ1n) is 6.72. The molecule has 120 valence electrons. The fourth-order valence-corrected chi connectivity index (χ4v) is 1.37. The van der Waals surface area contributed by atoms with Crippen molar-refractivity contribution in [3.8, 4) is 0 Å². The minimum Gasteiger partial charge on any atom is -0.355 e. The molecule has 0 atom stereocenters. The van der Waals surface area contributed by atoms with E-state index < -0.39 is 0 Å². The SMILES string of the molecule is CCN(C)CCNC(=NC)NCC(=O)NC(C)(C)C.I. The lowest BCUT2D eigenvalue weighted by Gasteiger charge is -2.21. The lowest BCUT2D eigenvalue weighted by atomic mass is 10.1. The van der Waals surface area contributed by atoms with E-state index in [2.05, 4.69) is 39.8 Å². The van der Waals surface area contributed by atoms with Crippen LogP contribution in [0.5, 0.6) is 0 Å². The molecule has 0 radical (unpaired) electrons. The number of rotatable bonds is 6. The first kappa shape index (κ1) is 21.7. The molecule has 0 fully saturated rings. The third-order valence-corrected chi connectivity index (χ3v) is 2.48. The van der Waals surface area contributed by atoms with Crippen LogP contribution in [0.2, 0.25) is 0 Å². The number of likely N-dealkylation sites (N-methyl/N-ethyl adjacent to an activating group) is 1. The first-order valence-corrected chi connectivity index (χ1v) is 6.72. The summed E-state index contributed by atoms with van der Waals surface area (Å²) in [6.45, 7) is 11.0. The minimum absolute atomic E-state index is 0. The number of aliphatic imine (C=N–C) groups is 1. The number of halogens is 1. The van der Waals surface area contributed by atoms with Crippen LogP contribution in [0.4, 0.5) is 0 Å². The van der Waals surface area contributed by atoms with Crippen molar-refractivity contribution >= 4 is 35.8 Å². The van der Waals surface area contributed by atoms with Gasteiger partial charge in [-0.1, -0.05) is 6.92 Å². The number of carbonyl (C=O) groups is 1. The van der Waals surface area contributed by atoms with Crippen LogP contribution in [0.1, 0.15) is 27.7 Å². The smallest absolute Gasteiger partial charge is 0.239 e. The van der Waals surface area contributed by atoms with Gasteiger partial charge in [-0.3, -0.25) is 9.79 Å². The molecule has 0 aliphatic carbocycles. The standard InChI is InChI=1S/C13H29N5O.HI/c1-7-18(6)9-8-15-12(14-5)16-10-11(19)17-13(2,3)4;/h7-10H2,1-6H3,(H,17,19)(H2,14,15,16);1H. The fraction of sp³-hybridized carbons (Fsp3) is 0.846. The average molecular weight is 399 g/mol. The van der Waals surface area contributed by atoms with Gasteiger partial charge in [0.1, 0.15) is 0 Å². The molecule has 0 saturated carbocycles. The molecule has 6 nitrogen and oxygen atoms in total. The molecule has 0 heterocycles. The Morgan fingerprint density at radius 3 is 2.30 bits per heavy atom. The zero-order chi connectivity index (χ0) is 14.9. The summed E-state index contributed by atoms with van der Waals surface area (Å²) < 4.78 is 0. The molecule has 0 aromatic carbocycles. The van der Waals surface area contributed by atoms with Crippen LogP contribution in [0.3, 0.4) is 0 Å². The van der Waals surface area contributed by atoms with E-state index in [0.717, 1.165) is 19.6 Å². The van der Waals surface area contributed by atoms with Crippen molar-refractivity contribution in [1.29, 1.82) is 0 Å². The van der Waals surface area contributed by atoms with Crippen LogP contribution in [0.25, 0.3) is 0 Å². The van der Waals surface area contributed by atoms with Crippen molar-refractivity contribution in [2.45, 2.75) is 33.2 Å². The molecule has 0 unspecified atom stereocenters. The zero-order valence-corrected chi connectivity index (χ0v) is 15.9. The molecular formula is C13H30IN5O. The summed E-state index contributed by atoms with van der Waals surface area (Å²) in [4.78, 5) is 17.9. The Labute approximate surface area is 140 Å². The van der Waals surface area contributed by atoms with Crippen LogP contribution >= 0.6 is 24.0 Å². The summed E-state index contributed by atoms with van der Waals surface area (Å²) in [5.74, 6) is 0.606. The minimum atomic E-state index is -0.209. The Kier molecular flexibility index (Phi) is 12.1. The maximum atomic E-state index is 11.6. The third kappa shape index (κ3) is 12.5. The molecule has 0 bridgehead atoms. The lowest BCUT2D eigenvalue weighted by Crippen LogP contribution is -2.48. The number of carbonyl (C=O) groups excluding carboxylic acids is 1. The number of hydrogen-bond donors (Lipinski definition) is 3. The maximum Gasteiger partial charge on any atom is 0.239 e. The summed E-state index contributed by atoms with van der Waals surface area (Å²) in [7, 11) is 3.76. The van der Waals surface area contributed by atoms with Crippen molar-refractivity contribution in [2.24, 2.45) is 4.99 Å². The van der Waals surface area contributed by atoms with Crippen molar-refractivity contribution in [3.05, 3.63) is 0 Å². The summed E-state index contributed by atoms with van der Waals surface area (Å²) in [6, 6.07) is 0. The number of nitrogens with one attached hydrogen (secondary N) is 3. The van der Waals surface area contributed by atoms with Gasteiger partial charge in [0, 0.05) is 25.7 Å². The molecular weight excluding hydrogens is 369 g/mol. The second-order valence-electron chi connectivity index (χ2n) is 5.55. The Morgan fingerprint density at radius 2 is 1.85 bits per heavy atom. The van der Waals surface area contributed by atoms with Gasteiger partial charge in [0.05, 0.1) is 6.54 Å². The van der Waals surface area contributed by atoms with Gasteiger partial charge in [0.15, 0.2) is 5.96 Å². The monoisotopic (exact) mass is 399 g/mol. The zero-order valence-electron chi connectivity index (χ0n) is 13.5. The van der Waals surface area contributed by atoms with E-state index in [1.165, 1.54) is 0 Å². The van der Waals surface area contributed by atoms with E-state index in [0.29, 0.717) is 5.96 Å². The van der Waals surface area contributed by atoms with E-state index in [4.69, 9.17) is 0 Å². The topological polar surface area (TPSA) is 68.8 Å². The predicted octanol–water partition coefficient (Wildman–Crippen LogP) is 0.636. The third-order valence-electron chi connectivity index (χ3n) is 2.48. The van der Waals surface area contributed by atoms with Crippen LogP contribution in [0.15, 0.2) is 4.99 Å². The Balaban J connectivity index is 0. The highest BCUT2D eigenvalue weighted by molar-refractivity contribution is 14.0. The van der Waals surface area contributed by atoms with Crippen LogP contribution < -0.4 is 16.0 Å². The molecule has 3 N–H and O–H groups in total. The van der Waals surface area contributed by atoms with Crippen molar-refractivity contribution in [3.63, 3.8) is 0 Å². The van der Waals surface area contributed by atoms with Gasteiger partial charge in [-0.15, -0.1) is 24.0 Å². The van der Waals surface area contributed by atoms with Gasteiger partial charge < -0.3 is 20.9 Å². The largest absolute Gasteiger partial charge is 0.355 e. The van der Waals surface area contributed by atoms with Crippen molar-refractivity contribution in [1.82, 2.24) is 20.9 Å². The fourth-order valence-electron chi connectivity index (χ4n) is 1.37. The molecule has 0 aliphatic rings. The highest BCUT2D eigenvalue weighted by atomic mass is 127. The van der Waals surface area contributed by atoms with E-state index in [9.17, 15) is 4.79 Å². The predicted molar refractivity (Wildman–Crippen MR) is 95.8 cm³/mol. The second kappa shape index (κ2) is 11.1. The van der Waals surface area contributed by atoms with E-state index in [1.807, 2.05) is 20.8 Å². The summed E-state index contributed by atoms with van der Waals surface area (Å²) in [6.07, 6.45) is 0. The number of nitrogens with zero attached hydrogens (tertiary/aromatic N) is 2. The van der Waals surface area contributed by atoms with Crippen LogP contribution in [0, 0.1) is 0 Å². The quantitative estimate of drug-likeness (QED) is 0.348. The summed E-state index contributed by atoms with van der Waals surface area (Å²) in [5, 5.41) is 9.05. The van der Waals surface area contributed by atoms with E-state index in [-0.39, 0.29) is 42.0 Å². The molecule has 0 saturated heterocycles. The molecule has 1 amide bonds. The Hall–Kier alpha value is -0.570. The molecule has 0 aromatic rings. The molecule has 0 spiro atoms. The Bertz CT molecular complexity index is 302. The van der Waals surface area contributed by atoms with Crippen molar-refractivity contribution in [2.75, 3.05) is 40.3 Å². The van der Waals surface area contributed by atoms with Gasteiger partial charge in [0.25, 0.3) is 0 Å². The molecule has 0 aromatic heterocycles. The van der Waals surface area contributed by atoms with Gasteiger partial charge in [0.2, 0.25) is 5.91 Å². The van der Waals surface area contributed by atoms with Gasteiger partial charge in [-0.05, 0) is 34.4 Å². The Morgan fingerprint density at radius 1 is 1.25 bits per heavy atom. The van der Waals surface area contributed by atoms with Crippen molar-refractivity contribution < 1.29 is 4.79 Å². The molecule has 20 heavy (non-hydrogen) atoms. The van der Waals surface area contributed by atoms with E-state index in [1.54, 1.807) is 7.05 Å². The van der Waals surface area contributed by atoms with Gasteiger partial charge in [-0.25, -0.2) is 0 Å². The lowest BCUT2D eigenvalue weighted by molar-refractivity contribution is -0.121. The van der Waals surface area contributed by atoms with E-state index >= 15 is 0 Å². The molecule has 0 rings (SSSR count). The maximum absolute atomic E-state index is 11.6. The van der Waals surface area contributed by atoms with Gasteiger partial charge in [-0.2, -0.15) is 0 Å². The number of hydrogen-bond acceptors (Lipinski definition) is 3. The van der Waals surface area contributed by atoms with Crippen LogP contribution in [-0.2, 0) is 4.79 Å². The van der Waals surface area contributed by atoms with Crippen LogP contribution in [-0.4, -0.2) is 62.6 Å². The highest BCUT2D eigenvalue weighted by Gasteiger charge is 2.13. The average Bonchev–Trinajstić information content (AvgIpc) is 2.30. The highest BCUT2D eigenvalue weighted by Crippen LogP contribution is 1.96. The molecule has 7 heteroatoms. The van der Waals surface area contributed by atoms with Gasteiger partial charge >= 0.3 is 0 Å². The second-order valence-corrected chi connectivity index (χ2v) is 5.55. The number of guanidine groups is 1. The molecule has 0 aliphatic heterocycles. The first-order chi connectivity index (χ1) is 8.78. The number of amides is 1. The summed E-state index contributed by atoms with van der Waals surface area (Å²) >= 11 is 0.